The maximum Gasteiger partial charge on any atom is 0.234 e. The van der Waals surface area contributed by atoms with Gasteiger partial charge in [-0.25, -0.2) is 13.4 Å². The molecule has 7 nitrogen and oxygen atoms in total. The van der Waals surface area contributed by atoms with E-state index in [1.807, 2.05) is 60.7 Å². The molecule has 158 valence electrons. The van der Waals surface area contributed by atoms with Crippen molar-refractivity contribution in [2.45, 2.75) is 6.92 Å². The van der Waals surface area contributed by atoms with Crippen molar-refractivity contribution in [1.29, 1.82) is 0 Å². The van der Waals surface area contributed by atoms with E-state index in [1.54, 1.807) is 12.1 Å². The van der Waals surface area contributed by atoms with Crippen molar-refractivity contribution in [1.82, 2.24) is 10.3 Å². The Labute approximate surface area is 180 Å². The number of carbonyl (C=O) groups excluding carboxylic acids is 1. The van der Waals surface area contributed by atoms with Crippen molar-refractivity contribution in [3.63, 3.8) is 0 Å². The topological polar surface area (TPSA) is 100 Å². The van der Waals surface area contributed by atoms with Crippen molar-refractivity contribution in [2.24, 2.45) is 0 Å². The molecule has 0 saturated carbocycles. The molecule has 1 amide bonds. The number of hydrogen-bond donors (Lipinski definition) is 3. The summed E-state index contributed by atoms with van der Waals surface area (Å²) in [6.07, 6.45) is 0. The maximum absolute atomic E-state index is 12.2. The zero-order chi connectivity index (χ0) is 21.8. The highest BCUT2D eigenvalue weighted by molar-refractivity contribution is 7.92. The molecule has 0 aliphatic carbocycles. The van der Waals surface area contributed by atoms with Gasteiger partial charge in [-0.3, -0.25) is 9.52 Å². The predicted octanol–water partition coefficient (Wildman–Crippen LogP) is 4.01. The van der Waals surface area contributed by atoms with E-state index >= 15 is 0 Å². The van der Waals surface area contributed by atoms with E-state index in [9.17, 15) is 13.2 Å². The van der Waals surface area contributed by atoms with Crippen LogP contribution in [0.1, 0.15) is 6.92 Å². The number of amides is 1. The van der Waals surface area contributed by atoms with Gasteiger partial charge in [-0.1, -0.05) is 36.4 Å². The smallest absolute Gasteiger partial charge is 0.234 e. The molecule has 8 heteroatoms. The van der Waals surface area contributed by atoms with Crippen LogP contribution in [0, 0.1) is 0 Å². The third kappa shape index (κ3) is 4.92. The Morgan fingerprint density at radius 2 is 1.39 bits per heavy atom. The molecule has 0 radical (unpaired) electrons. The second kappa shape index (κ2) is 8.61. The van der Waals surface area contributed by atoms with Crippen molar-refractivity contribution >= 4 is 54.8 Å². The first kappa shape index (κ1) is 20.6. The van der Waals surface area contributed by atoms with E-state index in [0.29, 0.717) is 5.69 Å². The minimum Gasteiger partial charge on any atom is -0.355 e. The second-order valence-electron chi connectivity index (χ2n) is 7.13. The molecule has 0 saturated heterocycles. The van der Waals surface area contributed by atoms with Gasteiger partial charge in [-0.15, -0.1) is 0 Å². The summed E-state index contributed by atoms with van der Waals surface area (Å²) in [4.78, 5) is 15.6. The van der Waals surface area contributed by atoms with E-state index in [-0.39, 0.29) is 18.2 Å². The minimum atomic E-state index is -3.55. The highest BCUT2D eigenvalue weighted by atomic mass is 32.2. The molecule has 0 atom stereocenters. The van der Waals surface area contributed by atoms with Crippen molar-refractivity contribution < 1.29 is 13.2 Å². The molecule has 31 heavy (non-hydrogen) atoms. The lowest BCUT2D eigenvalue weighted by Crippen LogP contribution is -2.29. The Balaban J connectivity index is 1.57. The maximum atomic E-state index is 12.2. The Hall–Kier alpha value is -3.65. The highest BCUT2D eigenvalue weighted by Crippen LogP contribution is 2.33. The van der Waals surface area contributed by atoms with Gasteiger partial charge in [0.1, 0.15) is 0 Å². The number of sulfonamides is 1. The number of aromatic nitrogens is 1. The number of para-hydroxylation sites is 2. The zero-order valence-corrected chi connectivity index (χ0v) is 17.7. The number of anilines is 3. The van der Waals surface area contributed by atoms with E-state index in [1.165, 1.54) is 6.92 Å². The lowest BCUT2D eigenvalue weighted by atomic mass is 10.1. The van der Waals surface area contributed by atoms with Crippen LogP contribution >= 0.6 is 0 Å². The molecule has 3 aromatic carbocycles. The Bertz CT molecular complexity index is 1300. The van der Waals surface area contributed by atoms with Crippen LogP contribution < -0.4 is 15.4 Å². The Morgan fingerprint density at radius 1 is 0.839 bits per heavy atom. The summed E-state index contributed by atoms with van der Waals surface area (Å²) in [5.41, 5.74) is 4.02. The number of fused-ring (bicyclic) bond motifs is 2. The van der Waals surface area contributed by atoms with Crippen molar-refractivity contribution in [3.8, 4) is 0 Å². The number of rotatable bonds is 7. The number of benzene rings is 3. The van der Waals surface area contributed by atoms with Crippen LogP contribution in [0.5, 0.6) is 0 Å². The average Bonchev–Trinajstić information content (AvgIpc) is 2.74. The van der Waals surface area contributed by atoms with Gasteiger partial charge in [-0.05, 0) is 36.4 Å². The summed E-state index contributed by atoms with van der Waals surface area (Å²) < 4.78 is 26.9. The quantitative estimate of drug-likeness (QED) is 0.382. The number of nitrogens with one attached hydrogen (secondary N) is 3. The zero-order valence-electron chi connectivity index (χ0n) is 16.9. The van der Waals surface area contributed by atoms with Gasteiger partial charge in [0.25, 0.3) is 0 Å². The highest BCUT2D eigenvalue weighted by Gasteiger charge is 2.12. The van der Waals surface area contributed by atoms with Crippen LogP contribution in [0.25, 0.3) is 21.8 Å². The summed E-state index contributed by atoms with van der Waals surface area (Å²) in [5, 5.41) is 7.95. The first-order valence-corrected chi connectivity index (χ1v) is 11.5. The number of hydrogen-bond acceptors (Lipinski definition) is 5. The molecule has 1 aromatic heterocycles. The fourth-order valence-corrected chi connectivity index (χ4v) is 4.30. The molecule has 0 bridgehead atoms. The van der Waals surface area contributed by atoms with Crippen molar-refractivity contribution in [2.75, 3.05) is 22.3 Å². The molecular weight excluding hydrogens is 412 g/mol. The molecule has 3 N–H and O–H groups in total. The molecule has 0 spiro atoms. The third-order valence-corrected chi connectivity index (χ3v) is 6.05. The monoisotopic (exact) mass is 434 g/mol. The number of nitrogens with zero attached hydrogens (tertiary/aromatic N) is 1. The standard InChI is InChI=1S/C23H22N4O3S/c1-16(28)24-14-15-31(29,30)27-18-12-10-17(11-13-18)25-23-19-6-2-4-8-21(19)26-22-9-5-3-7-20(22)23/h2-13,27H,14-15H2,1H3,(H,24,28)(H,25,26). The predicted molar refractivity (Wildman–Crippen MR) is 125 cm³/mol. The third-order valence-electron chi connectivity index (χ3n) is 4.76. The molecule has 0 fully saturated rings. The van der Waals surface area contributed by atoms with Crippen molar-refractivity contribution in [3.05, 3.63) is 72.8 Å². The Morgan fingerprint density at radius 3 is 1.97 bits per heavy atom. The molecule has 0 unspecified atom stereocenters. The molecule has 1 heterocycles. The lowest BCUT2D eigenvalue weighted by molar-refractivity contribution is -0.118. The lowest BCUT2D eigenvalue weighted by Gasteiger charge is -2.14. The van der Waals surface area contributed by atoms with Crippen LogP contribution in [0.3, 0.4) is 0 Å². The fourth-order valence-electron chi connectivity index (χ4n) is 3.33. The number of pyridine rings is 1. The summed E-state index contributed by atoms with van der Waals surface area (Å²) >= 11 is 0. The molecule has 4 aromatic rings. The summed E-state index contributed by atoms with van der Waals surface area (Å²) in [6, 6.07) is 22.9. The minimum absolute atomic E-state index is 0.0620. The van der Waals surface area contributed by atoms with Gasteiger partial charge in [0.2, 0.25) is 15.9 Å². The average molecular weight is 435 g/mol. The molecular formula is C23H22N4O3S. The van der Waals surface area contributed by atoms with E-state index in [0.717, 1.165) is 33.2 Å². The largest absolute Gasteiger partial charge is 0.355 e. The molecule has 0 aliphatic rings. The molecule has 4 rings (SSSR count). The Kier molecular flexibility index (Phi) is 5.73. The van der Waals surface area contributed by atoms with Gasteiger partial charge in [0.15, 0.2) is 0 Å². The van der Waals surface area contributed by atoms with Gasteiger partial charge < -0.3 is 10.6 Å². The van der Waals surface area contributed by atoms with Gasteiger partial charge in [0.05, 0.1) is 22.5 Å². The van der Waals surface area contributed by atoms with Crippen LogP contribution in [0.15, 0.2) is 72.8 Å². The van der Waals surface area contributed by atoms with E-state index in [4.69, 9.17) is 4.98 Å². The second-order valence-corrected chi connectivity index (χ2v) is 8.97. The normalized spacial score (nSPS) is 11.4. The van der Waals surface area contributed by atoms with Crippen LogP contribution in [-0.2, 0) is 14.8 Å². The van der Waals surface area contributed by atoms with Crippen LogP contribution in [0.2, 0.25) is 0 Å². The van der Waals surface area contributed by atoms with Gasteiger partial charge >= 0.3 is 0 Å². The first-order chi connectivity index (χ1) is 14.9. The van der Waals surface area contributed by atoms with Gasteiger partial charge in [-0.2, -0.15) is 0 Å². The number of carbonyl (C=O) groups is 1. The van der Waals surface area contributed by atoms with E-state index in [2.05, 4.69) is 15.4 Å². The van der Waals surface area contributed by atoms with Crippen LogP contribution in [-0.4, -0.2) is 31.6 Å². The summed E-state index contributed by atoms with van der Waals surface area (Å²) in [7, 11) is -3.55. The summed E-state index contributed by atoms with van der Waals surface area (Å²) in [5.74, 6) is -0.455. The van der Waals surface area contributed by atoms with Crippen LogP contribution in [0.4, 0.5) is 17.1 Å². The SMILES string of the molecule is CC(=O)NCCS(=O)(=O)Nc1ccc(Nc2c3ccccc3nc3ccccc23)cc1. The fraction of sp³-hybridized carbons (Fsp3) is 0.130. The molecule has 0 aliphatic heterocycles. The first-order valence-electron chi connectivity index (χ1n) is 9.81. The van der Waals surface area contributed by atoms with Gasteiger partial charge in [0, 0.05) is 35.6 Å². The van der Waals surface area contributed by atoms with E-state index < -0.39 is 10.0 Å². The summed E-state index contributed by atoms with van der Waals surface area (Å²) in [6.45, 7) is 1.41.